The predicted octanol–water partition coefficient (Wildman–Crippen LogP) is 14.6. The molecule has 0 amide bonds. The van der Waals surface area contributed by atoms with Crippen molar-refractivity contribution in [3.8, 4) is 55.6 Å². The highest BCUT2D eigenvalue weighted by Crippen LogP contribution is 2.42. The van der Waals surface area contributed by atoms with Crippen LogP contribution in [0, 0.1) is 0 Å². The van der Waals surface area contributed by atoms with E-state index in [1.54, 1.807) is 0 Å². The van der Waals surface area contributed by atoms with Gasteiger partial charge in [-0.15, -0.1) is 0 Å². The largest absolute Gasteiger partial charge is 0.0622 e. The number of fused-ring (bicyclic) bond motifs is 5. The molecule has 0 radical (unpaired) electrons. The maximum atomic E-state index is 2.36. The standard InChI is InChI=1S/C52H34/c1-3-11-37(12-4-1)49-19-10-20-51-48(31-32-50(52(49)51)38-13-5-2-6-14-38)43-28-30-47-42(34-43)26-25-41-33-40(27-29-46(41)47)35-21-23-39(24-22-35)45-18-9-16-36-15-7-8-17-44(36)45/h1-34H. The third kappa shape index (κ3) is 5.16. The second kappa shape index (κ2) is 12.5. The van der Waals surface area contributed by atoms with E-state index in [0.29, 0.717) is 0 Å². The second-order valence-corrected chi connectivity index (χ2v) is 13.7. The molecule has 0 N–H and O–H groups in total. The summed E-state index contributed by atoms with van der Waals surface area (Å²) in [5.74, 6) is 0. The van der Waals surface area contributed by atoms with E-state index in [4.69, 9.17) is 0 Å². The van der Waals surface area contributed by atoms with Crippen LogP contribution in [0.3, 0.4) is 0 Å². The van der Waals surface area contributed by atoms with Crippen LogP contribution in [-0.2, 0) is 0 Å². The monoisotopic (exact) mass is 658 g/mol. The second-order valence-electron chi connectivity index (χ2n) is 13.7. The van der Waals surface area contributed by atoms with E-state index >= 15 is 0 Å². The Balaban J connectivity index is 1.04. The van der Waals surface area contributed by atoms with Crippen LogP contribution >= 0.6 is 0 Å². The minimum Gasteiger partial charge on any atom is -0.0622 e. The Hall–Kier alpha value is -6.76. The highest BCUT2D eigenvalue weighted by Gasteiger charge is 2.15. The van der Waals surface area contributed by atoms with Gasteiger partial charge in [0.15, 0.2) is 0 Å². The summed E-state index contributed by atoms with van der Waals surface area (Å²) in [4.78, 5) is 0. The summed E-state index contributed by atoms with van der Waals surface area (Å²) >= 11 is 0. The van der Waals surface area contributed by atoms with Gasteiger partial charge in [-0.05, 0) is 111 Å². The molecule has 0 nitrogen and oxygen atoms in total. The van der Waals surface area contributed by atoms with Gasteiger partial charge < -0.3 is 0 Å². The Labute approximate surface area is 303 Å². The molecule has 0 aromatic heterocycles. The van der Waals surface area contributed by atoms with Crippen LogP contribution in [0.1, 0.15) is 0 Å². The molecule has 0 spiro atoms. The van der Waals surface area contributed by atoms with Crippen LogP contribution in [0.4, 0.5) is 0 Å². The molecule has 0 aliphatic carbocycles. The van der Waals surface area contributed by atoms with E-state index in [9.17, 15) is 0 Å². The van der Waals surface area contributed by atoms with Gasteiger partial charge in [0.05, 0.1) is 0 Å². The maximum Gasteiger partial charge on any atom is -0.00206 e. The normalized spacial score (nSPS) is 11.5. The molecule has 52 heavy (non-hydrogen) atoms. The van der Waals surface area contributed by atoms with Crippen LogP contribution in [-0.4, -0.2) is 0 Å². The molecule has 0 heterocycles. The van der Waals surface area contributed by atoms with Gasteiger partial charge in [-0.1, -0.05) is 194 Å². The lowest BCUT2D eigenvalue weighted by atomic mass is 9.87. The number of hydrogen-bond donors (Lipinski definition) is 0. The van der Waals surface area contributed by atoms with Gasteiger partial charge >= 0.3 is 0 Å². The third-order valence-corrected chi connectivity index (χ3v) is 10.7. The predicted molar refractivity (Wildman–Crippen MR) is 224 cm³/mol. The van der Waals surface area contributed by atoms with Gasteiger partial charge in [0.1, 0.15) is 0 Å². The van der Waals surface area contributed by atoms with E-state index in [1.807, 2.05) is 0 Å². The quantitative estimate of drug-likeness (QED) is 0.161. The van der Waals surface area contributed by atoms with Crippen molar-refractivity contribution in [1.29, 1.82) is 0 Å². The van der Waals surface area contributed by atoms with Crippen molar-refractivity contribution in [3.63, 3.8) is 0 Å². The molecule has 10 aromatic rings. The summed E-state index contributed by atoms with van der Waals surface area (Å²) in [6, 6.07) is 75.5. The molecule has 242 valence electrons. The fourth-order valence-corrected chi connectivity index (χ4v) is 8.11. The molecule has 10 aromatic carbocycles. The summed E-state index contributed by atoms with van der Waals surface area (Å²) in [5.41, 5.74) is 12.4. The van der Waals surface area contributed by atoms with Crippen LogP contribution in [0.15, 0.2) is 206 Å². The first-order valence-electron chi connectivity index (χ1n) is 18.0. The summed E-state index contributed by atoms with van der Waals surface area (Å²) in [6.07, 6.45) is 0. The van der Waals surface area contributed by atoms with Gasteiger partial charge in [-0.3, -0.25) is 0 Å². The lowest BCUT2D eigenvalue weighted by Gasteiger charge is -2.17. The van der Waals surface area contributed by atoms with Crippen molar-refractivity contribution in [2.75, 3.05) is 0 Å². The molecular formula is C52H34. The van der Waals surface area contributed by atoms with Gasteiger partial charge in [0, 0.05) is 0 Å². The third-order valence-electron chi connectivity index (χ3n) is 10.7. The Morgan fingerprint density at radius 3 is 1.38 bits per heavy atom. The van der Waals surface area contributed by atoms with E-state index in [-0.39, 0.29) is 0 Å². The number of hydrogen-bond acceptors (Lipinski definition) is 0. The summed E-state index contributed by atoms with van der Waals surface area (Å²) in [5, 5.41) is 10.1. The summed E-state index contributed by atoms with van der Waals surface area (Å²) in [6.45, 7) is 0. The van der Waals surface area contributed by atoms with Gasteiger partial charge in [0.2, 0.25) is 0 Å². The first-order valence-corrected chi connectivity index (χ1v) is 18.0. The minimum atomic E-state index is 1.22. The van der Waals surface area contributed by atoms with Crippen LogP contribution in [0.2, 0.25) is 0 Å². The minimum absolute atomic E-state index is 1.22. The van der Waals surface area contributed by atoms with E-state index < -0.39 is 0 Å². The highest BCUT2D eigenvalue weighted by atomic mass is 14.2. The maximum absolute atomic E-state index is 2.36. The fraction of sp³-hybridized carbons (Fsp3) is 0. The topological polar surface area (TPSA) is 0 Å². The van der Waals surface area contributed by atoms with Gasteiger partial charge in [-0.2, -0.15) is 0 Å². The van der Waals surface area contributed by atoms with Crippen molar-refractivity contribution in [3.05, 3.63) is 206 Å². The first-order chi connectivity index (χ1) is 25.8. The van der Waals surface area contributed by atoms with Crippen molar-refractivity contribution >= 4 is 43.1 Å². The Morgan fingerprint density at radius 2 is 0.654 bits per heavy atom. The lowest BCUT2D eigenvalue weighted by molar-refractivity contribution is 1.61. The Kier molecular flexibility index (Phi) is 7.25. The molecular weight excluding hydrogens is 625 g/mol. The first kappa shape index (κ1) is 30.1. The SMILES string of the molecule is c1ccc(-c2cccc3c(-c4ccc5c(ccc6cc(-c7ccc(-c8cccc9ccccc89)cc7)ccc65)c4)ccc(-c4ccccc4)c23)cc1. The van der Waals surface area contributed by atoms with E-state index in [0.717, 1.165) is 0 Å². The van der Waals surface area contributed by atoms with Crippen LogP contribution in [0.5, 0.6) is 0 Å². The number of benzene rings is 10. The zero-order valence-electron chi connectivity index (χ0n) is 28.6. The molecule has 10 rings (SSSR count). The van der Waals surface area contributed by atoms with Crippen molar-refractivity contribution in [2.45, 2.75) is 0 Å². The average Bonchev–Trinajstić information content (AvgIpc) is 3.23. The van der Waals surface area contributed by atoms with Gasteiger partial charge in [0.25, 0.3) is 0 Å². The molecule has 0 heteroatoms. The smallest absolute Gasteiger partial charge is 0.00206 e. The van der Waals surface area contributed by atoms with Crippen LogP contribution < -0.4 is 0 Å². The average molecular weight is 659 g/mol. The zero-order chi connectivity index (χ0) is 34.4. The van der Waals surface area contributed by atoms with E-state index in [1.165, 1.54) is 98.7 Å². The van der Waals surface area contributed by atoms with Crippen molar-refractivity contribution < 1.29 is 0 Å². The van der Waals surface area contributed by atoms with Crippen LogP contribution in [0.25, 0.3) is 98.7 Å². The van der Waals surface area contributed by atoms with Gasteiger partial charge in [-0.25, -0.2) is 0 Å². The Bertz CT molecular complexity index is 2870. The van der Waals surface area contributed by atoms with Crippen molar-refractivity contribution in [2.24, 2.45) is 0 Å². The molecule has 0 saturated carbocycles. The molecule has 0 bridgehead atoms. The zero-order valence-corrected chi connectivity index (χ0v) is 28.6. The van der Waals surface area contributed by atoms with E-state index in [2.05, 4.69) is 206 Å². The molecule has 0 aliphatic heterocycles. The molecule has 0 atom stereocenters. The summed E-state index contributed by atoms with van der Waals surface area (Å²) in [7, 11) is 0. The fourth-order valence-electron chi connectivity index (χ4n) is 8.11. The Morgan fingerprint density at radius 1 is 0.192 bits per heavy atom. The molecule has 0 unspecified atom stereocenters. The summed E-state index contributed by atoms with van der Waals surface area (Å²) < 4.78 is 0. The van der Waals surface area contributed by atoms with Crippen molar-refractivity contribution in [1.82, 2.24) is 0 Å². The molecule has 0 aliphatic rings. The highest BCUT2D eigenvalue weighted by molar-refractivity contribution is 6.14. The number of rotatable bonds is 5. The molecule has 0 saturated heterocycles. The molecule has 0 fully saturated rings. The lowest BCUT2D eigenvalue weighted by Crippen LogP contribution is -1.90.